The van der Waals surface area contributed by atoms with Crippen LogP contribution in [0, 0.1) is 5.82 Å². The van der Waals surface area contributed by atoms with Crippen LogP contribution < -0.4 is 10.5 Å². The minimum absolute atomic E-state index is 0.0464. The van der Waals surface area contributed by atoms with Gasteiger partial charge in [0, 0.05) is 16.1 Å². The first-order valence-electron chi connectivity index (χ1n) is 5.63. The molecule has 2 N–H and O–H groups in total. The fourth-order valence-corrected chi connectivity index (χ4v) is 2.16. The van der Waals surface area contributed by atoms with Gasteiger partial charge in [0.1, 0.15) is 23.2 Å². The van der Waals surface area contributed by atoms with Crippen molar-refractivity contribution in [1.29, 1.82) is 0 Å². The molecule has 104 valence electrons. The molecule has 20 heavy (non-hydrogen) atoms. The Morgan fingerprint density at radius 1 is 1.20 bits per heavy atom. The maximum atomic E-state index is 13.8. The predicted octanol–water partition coefficient (Wildman–Crippen LogP) is 4.35. The van der Waals surface area contributed by atoms with Gasteiger partial charge in [0.05, 0.1) is 5.02 Å². The lowest BCUT2D eigenvalue weighted by molar-refractivity contribution is 0.300. The SMILES string of the molecule is NC(=S)c1ccc(COc2ccc(Cl)cc2Cl)c(F)c1. The third-order valence-electron chi connectivity index (χ3n) is 2.61. The van der Waals surface area contributed by atoms with Crippen molar-refractivity contribution < 1.29 is 9.13 Å². The third-order valence-corrected chi connectivity index (χ3v) is 3.38. The Morgan fingerprint density at radius 2 is 1.95 bits per heavy atom. The van der Waals surface area contributed by atoms with Crippen LogP contribution in [0.3, 0.4) is 0 Å². The highest BCUT2D eigenvalue weighted by atomic mass is 35.5. The van der Waals surface area contributed by atoms with Crippen LogP contribution in [0.25, 0.3) is 0 Å². The highest BCUT2D eigenvalue weighted by Gasteiger charge is 2.08. The van der Waals surface area contributed by atoms with Crippen LogP contribution in [-0.2, 0) is 6.61 Å². The summed E-state index contributed by atoms with van der Waals surface area (Å²) in [6.45, 7) is 0.0464. The molecule has 0 bridgehead atoms. The molecule has 2 aromatic carbocycles. The molecule has 2 nitrogen and oxygen atoms in total. The van der Waals surface area contributed by atoms with E-state index in [-0.39, 0.29) is 11.6 Å². The summed E-state index contributed by atoms with van der Waals surface area (Å²) in [6.07, 6.45) is 0. The average Bonchev–Trinajstić information content (AvgIpc) is 2.38. The summed E-state index contributed by atoms with van der Waals surface area (Å²) in [4.78, 5) is 0.150. The zero-order chi connectivity index (χ0) is 14.7. The lowest BCUT2D eigenvalue weighted by Gasteiger charge is -2.09. The molecule has 0 aromatic heterocycles. The van der Waals surface area contributed by atoms with Crippen molar-refractivity contribution in [1.82, 2.24) is 0 Å². The normalized spacial score (nSPS) is 10.3. The van der Waals surface area contributed by atoms with Gasteiger partial charge in [-0.25, -0.2) is 4.39 Å². The first-order valence-corrected chi connectivity index (χ1v) is 6.80. The largest absolute Gasteiger partial charge is 0.487 e. The summed E-state index contributed by atoms with van der Waals surface area (Å²) >= 11 is 16.5. The number of ether oxygens (including phenoxy) is 1. The highest BCUT2D eigenvalue weighted by Crippen LogP contribution is 2.28. The van der Waals surface area contributed by atoms with Crippen molar-refractivity contribution in [3.63, 3.8) is 0 Å². The van der Waals surface area contributed by atoms with Gasteiger partial charge in [-0.3, -0.25) is 0 Å². The summed E-state index contributed by atoms with van der Waals surface area (Å²) in [6, 6.07) is 9.34. The smallest absolute Gasteiger partial charge is 0.138 e. The van der Waals surface area contributed by atoms with E-state index in [1.807, 2.05) is 0 Å². The minimum Gasteiger partial charge on any atom is -0.487 e. The summed E-state index contributed by atoms with van der Waals surface area (Å²) in [5, 5.41) is 0.881. The van der Waals surface area contributed by atoms with Gasteiger partial charge in [-0.15, -0.1) is 0 Å². The van der Waals surface area contributed by atoms with Crippen LogP contribution in [0.5, 0.6) is 5.75 Å². The number of benzene rings is 2. The van der Waals surface area contributed by atoms with Gasteiger partial charge in [0.15, 0.2) is 0 Å². The van der Waals surface area contributed by atoms with Crippen LogP contribution in [0.2, 0.25) is 10.0 Å². The van der Waals surface area contributed by atoms with Gasteiger partial charge >= 0.3 is 0 Å². The zero-order valence-corrected chi connectivity index (χ0v) is 12.5. The Kier molecular flexibility index (Phi) is 4.81. The topological polar surface area (TPSA) is 35.2 Å². The molecular weight excluding hydrogens is 320 g/mol. The first kappa shape index (κ1) is 15.0. The molecule has 2 rings (SSSR count). The fourth-order valence-electron chi connectivity index (χ4n) is 1.57. The van der Waals surface area contributed by atoms with E-state index in [0.29, 0.717) is 26.9 Å². The zero-order valence-electron chi connectivity index (χ0n) is 10.2. The van der Waals surface area contributed by atoms with E-state index in [4.69, 9.17) is 45.9 Å². The van der Waals surface area contributed by atoms with Gasteiger partial charge in [-0.1, -0.05) is 47.6 Å². The van der Waals surface area contributed by atoms with Crippen molar-refractivity contribution >= 4 is 40.4 Å². The van der Waals surface area contributed by atoms with Crippen LogP contribution in [0.4, 0.5) is 4.39 Å². The lowest BCUT2D eigenvalue weighted by atomic mass is 10.1. The molecule has 0 fully saturated rings. The first-order chi connectivity index (χ1) is 9.47. The monoisotopic (exact) mass is 329 g/mol. The molecule has 0 radical (unpaired) electrons. The molecule has 0 aliphatic heterocycles. The van der Waals surface area contributed by atoms with Gasteiger partial charge in [0.25, 0.3) is 0 Å². The molecule has 0 saturated carbocycles. The second kappa shape index (κ2) is 6.39. The van der Waals surface area contributed by atoms with Gasteiger partial charge < -0.3 is 10.5 Å². The highest BCUT2D eigenvalue weighted by molar-refractivity contribution is 7.80. The molecule has 0 aliphatic carbocycles. The molecule has 6 heteroatoms. The second-order valence-corrected chi connectivity index (χ2v) is 5.32. The van der Waals surface area contributed by atoms with Crippen molar-refractivity contribution in [2.24, 2.45) is 5.73 Å². The second-order valence-electron chi connectivity index (χ2n) is 4.03. The van der Waals surface area contributed by atoms with Gasteiger partial charge in [0.2, 0.25) is 0 Å². The van der Waals surface area contributed by atoms with E-state index in [0.717, 1.165) is 0 Å². The van der Waals surface area contributed by atoms with E-state index >= 15 is 0 Å². The number of hydrogen-bond donors (Lipinski definition) is 1. The maximum Gasteiger partial charge on any atom is 0.138 e. The van der Waals surface area contributed by atoms with Gasteiger partial charge in [-0.05, 0) is 24.3 Å². The molecular formula is C14H10Cl2FNOS. The third kappa shape index (κ3) is 3.60. The predicted molar refractivity (Wildman–Crippen MR) is 83.1 cm³/mol. The molecule has 0 aliphatic rings. The van der Waals surface area contributed by atoms with Crippen LogP contribution in [0.1, 0.15) is 11.1 Å². The maximum absolute atomic E-state index is 13.8. The average molecular weight is 330 g/mol. The van der Waals surface area contributed by atoms with E-state index in [2.05, 4.69) is 0 Å². The van der Waals surface area contributed by atoms with Gasteiger partial charge in [-0.2, -0.15) is 0 Å². The number of thiocarbonyl (C=S) groups is 1. The quantitative estimate of drug-likeness (QED) is 0.847. The molecule has 0 atom stereocenters. The Balaban J connectivity index is 2.13. The minimum atomic E-state index is -0.430. The molecule has 0 unspecified atom stereocenters. The summed E-state index contributed by atoms with van der Waals surface area (Å²) in [5.41, 5.74) is 6.30. The Labute approximate surface area is 131 Å². The number of halogens is 3. The fraction of sp³-hybridized carbons (Fsp3) is 0.0714. The molecule has 0 heterocycles. The summed E-state index contributed by atoms with van der Waals surface area (Å²) < 4.78 is 19.3. The van der Waals surface area contributed by atoms with Crippen LogP contribution in [-0.4, -0.2) is 4.99 Å². The van der Waals surface area contributed by atoms with E-state index in [1.54, 1.807) is 30.3 Å². The van der Waals surface area contributed by atoms with E-state index in [9.17, 15) is 4.39 Å². The number of nitrogens with two attached hydrogens (primary N) is 1. The van der Waals surface area contributed by atoms with E-state index < -0.39 is 5.82 Å². The van der Waals surface area contributed by atoms with E-state index in [1.165, 1.54) is 6.07 Å². The lowest BCUT2D eigenvalue weighted by Crippen LogP contribution is -2.10. The molecule has 0 spiro atoms. The summed E-state index contributed by atoms with van der Waals surface area (Å²) in [5.74, 6) is 0.00859. The Hall–Kier alpha value is -1.36. The standard InChI is InChI=1S/C14H10Cl2FNOS/c15-10-3-4-13(11(16)6-10)19-7-9-2-1-8(14(18)20)5-12(9)17/h1-6H,7H2,(H2,18,20). The Morgan fingerprint density at radius 3 is 2.55 bits per heavy atom. The number of hydrogen-bond acceptors (Lipinski definition) is 2. The van der Waals surface area contributed by atoms with Crippen LogP contribution in [0.15, 0.2) is 36.4 Å². The van der Waals surface area contributed by atoms with Crippen molar-refractivity contribution in [3.8, 4) is 5.75 Å². The van der Waals surface area contributed by atoms with Crippen molar-refractivity contribution in [3.05, 3.63) is 63.4 Å². The van der Waals surface area contributed by atoms with Crippen molar-refractivity contribution in [2.75, 3.05) is 0 Å². The summed E-state index contributed by atoms with van der Waals surface area (Å²) in [7, 11) is 0. The molecule has 0 saturated heterocycles. The van der Waals surface area contributed by atoms with Crippen LogP contribution >= 0.6 is 35.4 Å². The number of rotatable bonds is 4. The molecule has 0 amide bonds. The molecule has 2 aromatic rings. The van der Waals surface area contributed by atoms with Crippen molar-refractivity contribution in [2.45, 2.75) is 6.61 Å². The Bertz CT molecular complexity index is 664.